The number of hydrogen-bond acceptors (Lipinski definition) is 8. The molecule has 1 saturated heterocycles. The number of rotatable bonds is 7. The molecule has 0 unspecified atom stereocenters. The monoisotopic (exact) mass is 376 g/mol. The van der Waals surface area contributed by atoms with Crippen molar-refractivity contribution in [3.8, 4) is 0 Å². The third-order valence-electron chi connectivity index (χ3n) is 3.94. The molecule has 1 atom stereocenters. The lowest BCUT2D eigenvalue weighted by atomic mass is 10.2. The molecule has 2 heterocycles. The van der Waals surface area contributed by atoms with E-state index < -0.39 is 9.84 Å². The van der Waals surface area contributed by atoms with Crippen molar-refractivity contribution in [2.24, 2.45) is 0 Å². The van der Waals surface area contributed by atoms with Crippen molar-refractivity contribution in [3.63, 3.8) is 0 Å². The van der Waals surface area contributed by atoms with Crippen LogP contribution in [0.5, 0.6) is 0 Å². The summed E-state index contributed by atoms with van der Waals surface area (Å²) in [7, 11) is -2.98. The van der Waals surface area contributed by atoms with Crippen LogP contribution in [0, 0.1) is 0 Å². The highest BCUT2D eigenvalue weighted by atomic mass is 32.2. The van der Waals surface area contributed by atoms with Crippen molar-refractivity contribution in [1.29, 1.82) is 0 Å². The Morgan fingerprint density at radius 3 is 2.78 bits per heavy atom. The van der Waals surface area contributed by atoms with Gasteiger partial charge in [-0.25, -0.2) is 8.42 Å². The Balaban J connectivity index is 1.51. The summed E-state index contributed by atoms with van der Waals surface area (Å²) in [6.07, 6.45) is 2.90. The smallest absolute Gasteiger partial charge is 0.233 e. The maximum Gasteiger partial charge on any atom is 0.233 e. The van der Waals surface area contributed by atoms with Crippen LogP contribution in [0.1, 0.15) is 26.2 Å². The van der Waals surface area contributed by atoms with Gasteiger partial charge < -0.3 is 10.2 Å². The molecule has 7 nitrogen and oxygen atoms in total. The van der Waals surface area contributed by atoms with Gasteiger partial charge in [-0.3, -0.25) is 4.79 Å². The van der Waals surface area contributed by atoms with Crippen molar-refractivity contribution in [2.45, 2.75) is 42.6 Å². The van der Waals surface area contributed by atoms with Crippen molar-refractivity contribution in [1.82, 2.24) is 15.1 Å². The predicted molar refractivity (Wildman–Crippen MR) is 91.7 cm³/mol. The van der Waals surface area contributed by atoms with Gasteiger partial charge in [-0.1, -0.05) is 23.1 Å². The minimum Gasteiger partial charge on any atom is -0.357 e. The van der Waals surface area contributed by atoms with Gasteiger partial charge in [-0.2, -0.15) is 0 Å². The van der Waals surface area contributed by atoms with Gasteiger partial charge in [0.15, 0.2) is 14.2 Å². The molecule has 3 rings (SSSR count). The molecule has 128 valence electrons. The summed E-state index contributed by atoms with van der Waals surface area (Å²) in [5, 5.41) is 12.2. The minimum absolute atomic E-state index is 0.0356. The fraction of sp³-hybridized carbons (Fsp3) is 0.769. The first-order valence-corrected chi connectivity index (χ1v) is 11.3. The molecular formula is C13H20N4O3S3. The van der Waals surface area contributed by atoms with Crippen LogP contribution in [0.3, 0.4) is 0 Å². The van der Waals surface area contributed by atoms with Crippen LogP contribution < -0.4 is 5.32 Å². The average molecular weight is 377 g/mol. The van der Waals surface area contributed by atoms with Gasteiger partial charge in [0.25, 0.3) is 0 Å². The van der Waals surface area contributed by atoms with E-state index in [1.807, 2.05) is 6.92 Å². The Morgan fingerprint density at radius 2 is 2.17 bits per heavy atom. The number of amides is 1. The molecule has 1 aromatic rings. The molecule has 2 aliphatic rings. The average Bonchev–Trinajstić information content (AvgIpc) is 3.07. The Morgan fingerprint density at radius 1 is 1.39 bits per heavy atom. The van der Waals surface area contributed by atoms with E-state index in [1.54, 1.807) is 4.90 Å². The number of carbonyl (C=O) groups excluding carboxylic acids is 1. The van der Waals surface area contributed by atoms with E-state index in [9.17, 15) is 13.2 Å². The second-order valence-electron chi connectivity index (χ2n) is 5.82. The summed E-state index contributed by atoms with van der Waals surface area (Å²) in [5.74, 6) is 0.501. The van der Waals surface area contributed by atoms with Crippen molar-refractivity contribution in [3.05, 3.63) is 0 Å². The number of nitrogens with one attached hydrogen (secondary N) is 1. The van der Waals surface area contributed by atoms with Gasteiger partial charge in [0.2, 0.25) is 11.0 Å². The van der Waals surface area contributed by atoms with E-state index >= 15 is 0 Å². The zero-order valence-electron chi connectivity index (χ0n) is 12.9. The van der Waals surface area contributed by atoms with Gasteiger partial charge in [0, 0.05) is 18.6 Å². The quantitative estimate of drug-likeness (QED) is 0.716. The summed E-state index contributed by atoms with van der Waals surface area (Å²) >= 11 is 2.82. The molecule has 1 N–H and O–H groups in total. The zero-order valence-corrected chi connectivity index (χ0v) is 15.3. The lowest BCUT2D eigenvalue weighted by Crippen LogP contribution is -2.41. The minimum atomic E-state index is -2.98. The van der Waals surface area contributed by atoms with E-state index in [1.165, 1.54) is 35.9 Å². The van der Waals surface area contributed by atoms with Crippen LogP contribution in [0.2, 0.25) is 0 Å². The van der Waals surface area contributed by atoms with Gasteiger partial charge in [-0.15, -0.1) is 10.2 Å². The molecule has 10 heteroatoms. The van der Waals surface area contributed by atoms with E-state index in [0.717, 1.165) is 9.47 Å². The third kappa shape index (κ3) is 4.57. The molecular weight excluding hydrogens is 356 g/mol. The molecule has 1 saturated carbocycles. The summed E-state index contributed by atoms with van der Waals surface area (Å²) < 4.78 is 23.9. The highest BCUT2D eigenvalue weighted by Gasteiger charge is 2.33. The highest BCUT2D eigenvalue weighted by Crippen LogP contribution is 2.30. The van der Waals surface area contributed by atoms with E-state index in [2.05, 4.69) is 15.5 Å². The fourth-order valence-corrected chi connectivity index (χ4v) is 6.04. The molecule has 1 amide bonds. The highest BCUT2D eigenvalue weighted by molar-refractivity contribution is 8.01. The van der Waals surface area contributed by atoms with E-state index in [-0.39, 0.29) is 29.2 Å². The first-order valence-electron chi connectivity index (χ1n) is 7.69. The second kappa shape index (κ2) is 6.94. The number of nitrogens with zero attached hydrogens (tertiary/aromatic N) is 3. The summed E-state index contributed by atoms with van der Waals surface area (Å²) in [6, 6.07) is 0.349. The maximum absolute atomic E-state index is 12.4. The third-order valence-corrected chi connectivity index (χ3v) is 7.66. The number of thioether (sulfide) groups is 1. The number of aromatic nitrogens is 2. The Labute approximate surface area is 144 Å². The van der Waals surface area contributed by atoms with Gasteiger partial charge in [-0.05, 0) is 26.2 Å². The molecule has 1 aliphatic heterocycles. The molecule has 1 aromatic heterocycles. The van der Waals surface area contributed by atoms with Crippen LogP contribution >= 0.6 is 23.1 Å². The van der Waals surface area contributed by atoms with Gasteiger partial charge >= 0.3 is 0 Å². The van der Waals surface area contributed by atoms with Crippen LogP contribution in [0.25, 0.3) is 0 Å². The van der Waals surface area contributed by atoms with Crippen LogP contribution in [0.15, 0.2) is 4.34 Å². The predicted octanol–water partition coefficient (Wildman–Crippen LogP) is 1.24. The first-order chi connectivity index (χ1) is 11.0. The molecule has 0 spiro atoms. The number of anilines is 1. The van der Waals surface area contributed by atoms with Gasteiger partial charge in [0.05, 0.1) is 17.3 Å². The number of hydrogen-bond donors (Lipinski definition) is 1. The van der Waals surface area contributed by atoms with Crippen LogP contribution in [0.4, 0.5) is 5.13 Å². The molecule has 23 heavy (non-hydrogen) atoms. The lowest BCUT2D eigenvalue weighted by Gasteiger charge is -2.26. The maximum atomic E-state index is 12.4. The standard InChI is InChI=1S/C13H20N4O3S3/c1-2-17(10-5-6-23(19,20)8-10)11(18)7-21-13-16-15-12(22-13)14-9-3-4-9/h9-10H,2-8H2,1H3,(H,14,15)/t10-/m0/s1. The Hall–Kier alpha value is -0.870. The van der Waals surface area contributed by atoms with Crippen LogP contribution in [-0.2, 0) is 14.6 Å². The van der Waals surface area contributed by atoms with Gasteiger partial charge in [0.1, 0.15) is 0 Å². The normalized spacial score (nSPS) is 22.9. The number of sulfone groups is 1. The Bertz CT molecular complexity index is 672. The zero-order chi connectivity index (χ0) is 16.4. The molecule has 0 aromatic carbocycles. The van der Waals surface area contributed by atoms with Crippen molar-refractivity contribution < 1.29 is 13.2 Å². The van der Waals surface area contributed by atoms with Crippen molar-refractivity contribution in [2.75, 3.05) is 29.1 Å². The summed E-state index contributed by atoms with van der Waals surface area (Å²) in [6.45, 7) is 2.42. The lowest BCUT2D eigenvalue weighted by molar-refractivity contribution is -0.129. The number of carbonyl (C=O) groups is 1. The van der Waals surface area contributed by atoms with E-state index in [4.69, 9.17) is 0 Å². The van der Waals surface area contributed by atoms with E-state index in [0.29, 0.717) is 19.0 Å². The Kier molecular flexibility index (Phi) is 5.12. The summed E-state index contributed by atoms with van der Waals surface area (Å²) in [5.41, 5.74) is 0. The summed E-state index contributed by atoms with van der Waals surface area (Å²) in [4.78, 5) is 14.1. The van der Waals surface area contributed by atoms with Crippen molar-refractivity contribution >= 4 is 44.0 Å². The molecule has 1 aliphatic carbocycles. The van der Waals surface area contributed by atoms with Crippen LogP contribution in [-0.4, -0.2) is 65.3 Å². The first kappa shape index (κ1) is 17.0. The second-order valence-corrected chi connectivity index (χ2v) is 10.2. The molecule has 0 radical (unpaired) electrons. The molecule has 2 fully saturated rings. The fourth-order valence-electron chi connectivity index (χ4n) is 2.59. The largest absolute Gasteiger partial charge is 0.357 e. The topological polar surface area (TPSA) is 92.3 Å². The SMILES string of the molecule is CCN(C(=O)CSc1nnc(NC2CC2)s1)[C@H]1CCS(=O)(=O)C1. The molecule has 0 bridgehead atoms.